The van der Waals surface area contributed by atoms with Crippen LogP contribution in [0.25, 0.3) is 32.7 Å². The SMILES string of the molecule is COc1cc(OC)c2c(O)c3c(c(-c4c5c(c(O)c6c(OC)cc(OC)cc46)CO[C@@H](C)[C@@H]5OC(C)=O)c2c1)C[C@H](C)OC3. The van der Waals surface area contributed by atoms with Crippen LogP contribution in [0.2, 0.25) is 0 Å². The standard InChI is InChI=1S/C34H36O10/c1-15-8-20-23(13-42-15)32(36)28-21(9-18(38-4)11-25(28)40-6)27(20)30-22-10-19(39-5)12-26(41-7)29(22)33(37)24-14-43-16(2)34(31(24)30)44-17(3)35/h9-12,15-16,34,36-37H,8,13-14H2,1-7H3/t15-,16-,34-/m0/s1. The van der Waals surface area contributed by atoms with Gasteiger partial charge in [-0.15, -0.1) is 0 Å². The Hall–Kier alpha value is -4.41. The fourth-order valence-electron chi connectivity index (χ4n) is 6.64. The average Bonchev–Trinajstić information content (AvgIpc) is 3.01. The Kier molecular flexibility index (Phi) is 7.59. The third kappa shape index (κ3) is 4.51. The average molecular weight is 605 g/mol. The van der Waals surface area contributed by atoms with E-state index >= 15 is 0 Å². The number of phenols is 2. The van der Waals surface area contributed by atoms with Crippen molar-refractivity contribution in [2.45, 2.75) is 58.7 Å². The predicted molar refractivity (Wildman–Crippen MR) is 163 cm³/mol. The minimum atomic E-state index is -0.858. The lowest BCUT2D eigenvalue weighted by molar-refractivity contribution is -0.157. The fourth-order valence-corrected chi connectivity index (χ4v) is 6.64. The Morgan fingerprint density at radius 3 is 1.84 bits per heavy atom. The first-order valence-electron chi connectivity index (χ1n) is 14.4. The van der Waals surface area contributed by atoms with Crippen molar-refractivity contribution in [1.82, 2.24) is 0 Å². The second-order valence-corrected chi connectivity index (χ2v) is 11.2. The Bertz CT molecular complexity index is 1810. The van der Waals surface area contributed by atoms with Crippen molar-refractivity contribution in [2.24, 2.45) is 0 Å². The molecule has 0 saturated heterocycles. The molecule has 0 bridgehead atoms. The van der Waals surface area contributed by atoms with Gasteiger partial charge in [-0.3, -0.25) is 4.79 Å². The van der Waals surface area contributed by atoms with E-state index < -0.39 is 18.2 Å². The number of fused-ring (bicyclic) bond motifs is 4. The van der Waals surface area contributed by atoms with Crippen LogP contribution in [0.5, 0.6) is 34.5 Å². The summed E-state index contributed by atoms with van der Waals surface area (Å²) in [6.07, 6.45) is -1.06. The Balaban J connectivity index is 1.93. The zero-order valence-corrected chi connectivity index (χ0v) is 25.8. The molecule has 4 aromatic carbocycles. The predicted octanol–water partition coefficient (Wildman–Crippen LogP) is 6.09. The molecule has 0 aliphatic carbocycles. The van der Waals surface area contributed by atoms with E-state index in [4.69, 9.17) is 33.2 Å². The van der Waals surface area contributed by atoms with Crippen LogP contribution in [0.15, 0.2) is 24.3 Å². The summed E-state index contributed by atoms with van der Waals surface area (Å²) >= 11 is 0. The van der Waals surface area contributed by atoms with Crippen LogP contribution in [-0.2, 0) is 38.6 Å². The monoisotopic (exact) mass is 604 g/mol. The summed E-state index contributed by atoms with van der Waals surface area (Å²) in [5, 5.41) is 25.8. The minimum Gasteiger partial charge on any atom is -0.507 e. The van der Waals surface area contributed by atoms with Gasteiger partial charge in [-0.2, -0.15) is 0 Å². The summed E-state index contributed by atoms with van der Waals surface area (Å²) in [6.45, 7) is 5.41. The number of carbonyl (C=O) groups is 1. The molecule has 0 saturated carbocycles. The molecular weight excluding hydrogens is 568 g/mol. The topological polar surface area (TPSA) is 122 Å². The molecular formula is C34H36O10. The molecule has 4 aromatic rings. The van der Waals surface area contributed by atoms with Crippen LogP contribution >= 0.6 is 0 Å². The highest BCUT2D eigenvalue weighted by Crippen LogP contribution is 2.56. The summed E-state index contributed by atoms with van der Waals surface area (Å²) in [7, 11) is 6.19. The first-order chi connectivity index (χ1) is 21.1. The molecule has 3 atom stereocenters. The summed E-state index contributed by atoms with van der Waals surface area (Å²) < 4.78 is 41.0. The quantitative estimate of drug-likeness (QED) is 0.250. The number of hydrogen-bond donors (Lipinski definition) is 2. The van der Waals surface area contributed by atoms with Gasteiger partial charge in [-0.05, 0) is 49.1 Å². The summed E-state index contributed by atoms with van der Waals surface area (Å²) in [5.41, 5.74) is 4.03. The van der Waals surface area contributed by atoms with Gasteiger partial charge >= 0.3 is 5.97 Å². The van der Waals surface area contributed by atoms with Crippen LogP contribution in [0.4, 0.5) is 0 Å². The van der Waals surface area contributed by atoms with Gasteiger partial charge in [0, 0.05) is 46.5 Å². The van der Waals surface area contributed by atoms with Crippen molar-refractivity contribution in [3.63, 3.8) is 0 Å². The number of esters is 1. The molecule has 2 heterocycles. The van der Waals surface area contributed by atoms with Gasteiger partial charge in [0.25, 0.3) is 0 Å². The molecule has 44 heavy (non-hydrogen) atoms. The number of benzene rings is 4. The summed E-state index contributed by atoms with van der Waals surface area (Å²) in [6, 6.07) is 7.13. The van der Waals surface area contributed by atoms with Crippen molar-refractivity contribution in [1.29, 1.82) is 0 Å². The second-order valence-electron chi connectivity index (χ2n) is 11.2. The van der Waals surface area contributed by atoms with E-state index in [9.17, 15) is 15.0 Å². The molecule has 0 unspecified atom stereocenters. The lowest BCUT2D eigenvalue weighted by atomic mass is 9.78. The van der Waals surface area contributed by atoms with Crippen molar-refractivity contribution in [3.8, 4) is 45.6 Å². The lowest BCUT2D eigenvalue weighted by Gasteiger charge is -2.36. The van der Waals surface area contributed by atoms with Gasteiger partial charge in [0.05, 0.1) is 64.6 Å². The minimum absolute atomic E-state index is 0.0360. The number of methoxy groups -OCH3 is 4. The van der Waals surface area contributed by atoms with E-state index in [1.54, 1.807) is 26.4 Å². The number of phenolic OH excluding ortho intramolecular Hbond substituents is 2. The maximum Gasteiger partial charge on any atom is 0.303 e. The molecule has 0 fully saturated rings. The highest BCUT2D eigenvalue weighted by Gasteiger charge is 2.39. The Labute approximate surface area is 254 Å². The maximum atomic E-state index is 12.5. The number of rotatable bonds is 6. The zero-order chi connectivity index (χ0) is 31.4. The normalized spacial score (nSPS) is 19.3. The highest BCUT2D eigenvalue weighted by atomic mass is 16.6. The molecule has 0 spiro atoms. The first kappa shape index (κ1) is 29.7. The smallest absolute Gasteiger partial charge is 0.303 e. The van der Waals surface area contributed by atoms with E-state index in [0.29, 0.717) is 73.2 Å². The molecule has 0 radical (unpaired) electrons. The molecule has 6 rings (SSSR count). The van der Waals surface area contributed by atoms with E-state index in [0.717, 1.165) is 11.1 Å². The molecule has 0 aromatic heterocycles. The van der Waals surface area contributed by atoms with E-state index in [-0.39, 0.29) is 30.8 Å². The number of ether oxygens (including phenoxy) is 7. The second kappa shape index (κ2) is 11.3. The van der Waals surface area contributed by atoms with Crippen LogP contribution in [-0.4, -0.2) is 56.8 Å². The van der Waals surface area contributed by atoms with Crippen LogP contribution < -0.4 is 18.9 Å². The molecule has 0 amide bonds. The molecule has 2 aliphatic heterocycles. The van der Waals surface area contributed by atoms with Crippen molar-refractivity contribution < 1.29 is 48.2 Å². The number of carbonyl (C=O) groups excluding carboxylic acids is 1. The fraction of sp³-hybridized carbons (Fsp3) is 0.382. The largest absolute Gasteiger partial charge is 0.507 e. The lowest BCUT2D eigenvalue weighted by Crippen LogP contribution is -2.30. The maximum absolute atomic E-state index is 12.5. The van der Waals surface area contributed by atoms with Crippen molar-refractivity contribution >= 4 is 27.5 Å². The van der Waals surface area contributed by atoms with Gasteiger partial charge in [-0.25, -0.2) is 0 Å². The first-order valence-corrected chi connectivity index (χ1v) is 14.4. The van der Waals surface area contributed by atoms with Crippen LogP contribution in [0, 0.1) is 0 Å². The molecule has 2 N–H and O–H groups in total. The molecule has 10 nitrogen and oxygen atoms in total. The Morgan fingerprint density at radius 2 is 1.30 bits per heavy atom. The third-order valence-corrected chi connectivity index (χ3v) is 8.66. The van der Waals surface area contributed by atoms with Gasteiger partial charge < -0.3 is 43.4 Å². The molecule has 2 aliphatic rings. The van der Waals surface area contributed by atoms with Crippen LogP contribution in [0.1, 0.15) is 49.1 Å². The van der Waals surface area contributed by atoms with Crippen LogP contribution in [0.3, 0.4) is 0 Å². The summed E-state index contributed by atoms with van der Waals surface area (Å²) in [5.74, 6) is 1.37. The van der Waals surface area contributed by atoms with Gasteiger partial charge in [0.15, 0.2) is 6.10 Å². The molecule has 232 valence electrons. The Morgan fingerprint density at radius 1 is 0.750 bits per heavy atom. The molecule has 10 heteroatoms. The highest BCUT2D eigenvalue weighted by molar-refractivity contribution is 6.15. The van der Waals surface area contributed by atoms with Crippen molar-refractivity contribution in [3.05, 3.63) is 46.5 Å². The van der Waals surface area contributed by atoms with Gasteiger partial charge in [0.1, 0.15) is 34.5 Å². The van der Waals surface area contributed by atoms with Gasteiger partial charge in [-0.1, -0.05) is 0 Å². The third-order valence-electron chi connectivity index (χ3n) is 8.66. The van der Waals surface area contributed by atoms with E-state index in [2.05, 4.69) is 0 Å². The van der Waals surface area contributed by atoms with Gasteiger partial charge in [0.2, 0.25) is 0 Å². The number of aromatic hydroxyl groups is 2. The zero-order valence-electron chi connectivity index (χ0n) is 25.8. The van der Waals surface area contributed by atoms with E-state index in [1.807, 2.05) is 26.0 Å². The van der Waals surface area contributed by atoms with E-state index in [1.165, 1.54) is 21.1 Å². The number of hydrogen-bond acceptors (Lipinski definition) is 10. The van der Waals surface area contributed by atoms with Crippen molar-refractivity contribution in [2.75, 3.05) is 28.4 Å². The summed E-state index contributed by atoms with van der Waals surface area (Å²) in [4.78, 5) is 12.5.